The summed E-state index contributed by atoms with van der Waals surface area (Å²) in [7, 11) is 0. The number of aryl methyl sites for hydroxylation is 2. The standard InChI is InChI=1S/2C10H13NO3.K/c2*1-2-7-3-6(5-12)4-8(11)9(7)10(13)14;/h2*3-4,12H,2,5,11H2,1H3,(H,13,14);/q;;+1/p-1. The largest absolute Gasteiger partial charge is 1.00 e. The molecule has 2 aromatic rings. The Morgan fingerprint density at radius 3 is 1.55 bits per heavy atom. The zero-order valence-electron chi connectivity index (χ0n) is 16.9. The van der Waals surface area contributed by atoms with E-state index in [0.717, 1.165) is 0 Å². The maximum absolute atomic E-state index is 10.9. The average molecular weight is 429 g/mol. The van der Waals surface area contributed by atoms with Crippen molar-refractivity contribution in [2.75, 3.05) is 11.5 Å². The normalized spacial score (nSPS) is 9.79. The van der Waals surface area contributed by atoms with Crippen LogP contribution in [0.3, 0.4) is 0 Å². The van der Waals surface area contributed by atoms with E-state index in [-0.39, 0.29) is 87.1 Å². The first-order chi connectivity index (χ1) is 13.2. The summed E-state index contributed by atoms with van der Waals surface area (Å²) in [5.74, 6) is -2.30. The maximum Gasteiger partial charge on any atom is 1.00 e. The molecule has 0 aliphatic rings. The number of nitrogens with two attached hydrogens (primary N) is 2. The molecule has 2 aromatic carbocycles. The van der Waals surface area contributed by atoms with Crippen molar-refractivity contribution in [3.8, 4) is 0 Å². The van der Waals surface area contributed by atoms with E-state index >= 15 is 0 Å². The molecule has 0 aliphatic carbocycles. The van der Waals surface area contributed by atoms with E-state index in [4.69, 9.17) is 26.8 Å². The van der Waals surface area contributed by atoms with Gasteiger partial charge in [-0.2, -0.15) is 0 Å². The number of anilines is 2. The molecule has 29 heavy (non-hydrogen) atoms. The number of carboxylic acids is 2. The predicted molar refractivity (Wildman–Crippen MR) is 104 cm³/mol. The Kier molecular flexibility index (Phi) is 12.3. The summed E-state index contributed by atoms with van der Waals surface area (Å²) in [6.45, 7) is 3.40. The van der Waals surface area contributed by atoms with E-state index in [0.29, 0.717) is 35.1 Å². The van der Waals surface area contributed by atoms with Crippen molar-refractivity contribution >= 4 is 23.3 Å². The molecule has 0 saturated carbocycles. The molecule has 0 spiro atoms. The Labute approximate surface area is 212 Å². The maximum atomic E-state index is 10.9. The molecule has 8 nitrogen and oxygen atoms in total. The number of aromatic carboxylic acids is 2. The molecule has 2 rings (SSSR count). The Morgan fingerprint density at radius 1 is 0.862 bits per heavy atom. The van der Waals surface area contributed by atoms with Gasteiger partial charge in [0.1, 0.15) is 0 Å². The first-order valence-corrected chi connectivity index (χ1v) is 8.68. The number of benzene rings is 2. The van der Waals surface area contributed by atoms with Gasteiger partial charge in [-0.15, -0.1) is 0 Å². The van der Waals surface area contributed by atoms with Crippen LogP contribution in [-0.4, -0.2) is 27.3 Å². The van der Waals surface area contributed by atoms with Crippen LogP contribution in [0.25, 0.3) is 0 Å². The van der Waals surface area contributed by atoms with Crippen molar-refractivity contribution < 1.29 is 81.4 Å². The number of nitrogen functional groups attached to an aromatic ring is 2. The van der Waals surface area contributed by atoms with Crippen molar-refractivity contribution in [3.05, 3.63) is 57.6 Å². The van der Waals surface area contributed by atoms with Gasteiger partial charge in [0.2, 0.25) is 0 Å². The minimum Gasteiger partial charge on any atom is -0.545 e. The van der Waals surface area contributed by atoms with Gasteiger partial charge in [0.25, 0.3) is 0 Å². The summed E-state index contributed by atoms with van der Waals surface area (Å²) < 4.78 is 0. The van der Waals surface area contributed by atoms with E-state index < -0.39 is 11.9 Å². The second kappa shape index (κ2) is 13.0. The number of hydrogen-bond donors (Lipinski definition) is 5. The van der Waals surface area contributed by atoms with Crippen LogP contribution < -0.4 is 68.0 Å². The summed E-state index contributed by atoms with van der Waals surface area (Å²) in [5.41, 5.74) is 14.2. The van der Waals surface area contributed by atoms with Crippen LogP contribution >= 0.6 is 0 Å². The van der Waals surface area contributed by atoms with Crippen molar-refractivity contribution in [2.24, 2.45) is 0 Å². The predicted octanol–water partition coefficient (Wildman–Crippen LogP) is -2.29. The Morgan fingerprint density at radius 2 is 1.24 bits per heavy atom. The number of rotatable bonds is 6. The fraction of sp³-hybridized carbons (Fsp3) is 0.300. The van der Waals surface area contributed by atoms with E-state index in [1.807, 2.05) is 13.8 Å². The van der Waals surface area contributed by atoms with Gasteiger partial charge in [-0.05, 0) is 47.2 Å². The molecular weight excluding hydrogens is 403 g/mol. The van der Waals surface area contributed by atoms with Crippen LogP contribution in [0.5, 0.6) is 0 Å². The van der Waals surface area contributed by atoms with Gasteiger partial charge in [-0.3, -0.25) is 0 Å². The smallest absolute Gasteiger partial charge is 0.545 e. The first kappa shape index (κ1) is 27.5. The molecule has 0 heterocycles. The van der Waals surface area contributed by atoms with Crippen molar-refractivity contribution in [2.45, 2.75) is 39.9 Å². The first-order valence-electron chi connectivity index (χ1n) is 8.68. The van der Waals surface area contributed by atoms with Crippen LogP contribution in [0.4, 0.5) is 11.4 Å². The van der Waals surface area contributed by atoms with Crippen LogP contribution in [0.2, 0.25) is 0 Å². The Balaban J connectivity index is 0.000000523. The second-order valence-corrected chi connectivity index (χ2v) is 6.05. The number of aliphatic hydroxyl groups excluding tert-OH is 2. The minimum atomic E-state index is -1.27. The Hall–Kier alpha value is -1.46. The van der Waals surface area contributed by atoms with Crippen molar-refractivity contribution in [1.82, 2.24) is 0 Å². The molecule has 0 fully saturated rings. The van der Waals surface area contributed by atoms with E-state index in [2.05, 4.69) is 0 Å². The van der Waals surface area contributed by atoms with Crippen LogP contribution in [0, 0.1) is 0 Å². The molecule has 0 amide bonds. The van der Waals surface area contributed by atoms with Crippen LogP contribution in [-0.2, 0) is 26.1 Å². The molecule has 0 saturated heterocycles. The number of carbonyl (C=O) groups is 2. The molecule has 7 N–H and O–H groups in total. The fourth-order valence-corrected chi connectivity index (χ4v) is 2.84. The number of carbonyl (C=O) groups excluding carboxylic acids is 1. The molecular formula is C20H25KN2O6. The van der Waals surface area contributed by atoms with Gasteiger partial charge in [0, 0.05) is 16.9 Å². The van der Waals surface area contributed by atoms with Crippen LogP contribution in [0.1, 0.15) is 56.8 Å². The van der Waals surface area contributed by atoms with Gasteiger partial charge in [-0.1, -0.05) is 26.0 Å². The average Bonchev–Trinajstić information content (AvgIpc) is 2.65. The number of hydrogen-bond acceptors (Lipinski definition) is 7. The van der Waals surface area contributed by atoms with Crippen molar-refractivity contribution in [1.29, 1.82) is 0 Å². The van der Waals surface area contributed by atoms with Gasteiger partial charge < -0.3 is 36.7 Å². The van der Waals surface area contributed by atoms with E-state index in [1.54, 1.807) is 12.1 Å². The van der Waals surface area contributed by atoms with Crippen molar-refractivity contribution in [3.63, 3.8) is 0 Å². The zero-order valence-corrected chi connectivity index (χ0v) is 20.0. The fourth-order valence-electron chi connectivity index (χ4n) is 2.84. The molecule has 9 heteroatoms. The second-order valence-electron chi connectivity index (χ2n) is 6.05. The summed E-state index contributed by atoms with van der Waals surface area (Å²) in [4.78, 5) is 21.6. The molecule has 0 bridgehead atoms. The quantitative estimate of drug-likeness (QED) is 0.253. The Bertz CT molecular complexity index is 799. The summed E-state index contributed by atoms with van der Waals surface area (Å²) in [6, 6.07) is 6.23. The number of aliphatic hydroxyl groups is 2. The SMILES string of the molecule is CCc1cc(CO)cc(N)c1C(=O)O.CCc1cc(CO)cc(N)c1C(=O)[O-].[K+]. The van der Waals surface area contributed by atoms with E-state index in [9.17, 15) is 14.7 Å². The molecule has 0 unspecified atom stereocenters. The third-order valence-corrected chi connectivity index (χ3v) is 4.17. The zero-order chi connectivity index (χ0) is 21.4. The molecule has 0 aliphatic heterocycles. The number of carboxylic acid groups (broad SMARTS) is 2. The van der Waals surface area contributed by atoms with Gasteiger partial charge in [-0.25, -0.2) is 4.79 Å². The summed E-state index contributed by atoms with van der Waals surface area (Å²) >= 11 is 0. The van der Waals surface area contributed by atoms with Crippen LogP contribution in [0.15, 0.2) is 24.3 Å². The van der Waals surface area contributed by atoms with Gasteiger partial charge in [0.05, 0.1) is 24.7 Å². The van der Waals surface area contributed by atoms with Gasteiger partial charge in [0.15, 0.2) is 0 Å². The molecule has 152 valence electrons. The third-order valence-electron chi connectivity index (χ3n) is 4.17. The summed E-state index contributed by atoms with van der Waals surface area (Å²) in [5, 5.41) is 37.4. The van der Waals surface area contributed by atoms with Gasteiger partial charge >= 0.3 is 57.4 Å². The monoisotopic (exact) mass is 428 g/mol. The third kappa shape index (κ3) is 7.38. The molecule has 0 radical (unpaired) electrons. The summed E-state index contributed by atoms with van der Waals surface area (Å²) in [6.07, 6.45) is 1.13. The minimum absolute atomic E-state index is 0. The topological polar surface area (TPSA) is 170 Å². The van der Waals surface area contributed by atoms with E-state index in [1.165, 1.54) is 12.1 Å². The molecule has 0 atom stereocenters. The molecule has 0 aromatic heterocycles.